The fourth-order valence-corrected chi connectivity index (χ4v) is 2.61. The lowest BCUT2D eigenvalue weighted by Crippen LogP contribution is -2.46. The molecule has 1 fully saturated rings. The summed E-state index contributed by atoms with van der Waals surface area (Å²) in [6, 6.07) is 7.07. The molecule has 9 heteroatoms. The minimum absolute atomic E-state index is 0.0241. The summed E-state index contributed by atoms with van der Waals surface area (Å²) in [7, 11) is 0. The van der Waals surface area contributed by atoms with Crippen molar-refractivity contribution in [3.05, 3.63) is 24.3 Å². The van der Waals surface area contributed by atoms with Gasteiger partial charge in [0.2, 0.25) is 5.96 Å². The molecule has 0 saturated carbocycles. The second-order valence-electron chi connectivity index (χ2n) is 7.31. The van der Waals surface area contributed by atoms with Crippen LogP contribution in [0.1, 0.15) is 33.6 Å². The first-order valence-electron chi connectivity index (χ1n) is 8.81. The number of likely N-dealkylation sites (tertiary alicyclic amines) is 1. The third-order valence-electron chi connectivity index (χ3n) is 3.66. The standard InChI is InChI=1S/C18H28N6O3/c1-18(2,3)27-17(25)24-10-4-5-14(11-24)26-13-8-6-12(7-9-13)22-16(21)23-15(19)20/h6-9,14H,4-5,10-11H2,1-3H3,(H6,19,20,21,22,23). The van der Waals surface area contributed by atoms with Gasteiger partial charge >= 0.3 is 6.09 Å². The van der Waals surface area contributed by atoms with Crippen LogP contribution in [-0.4, -0.2) is 47.7 Å². The van der Waals surface area contributed by atoms with Gasteiger partial charge in [0.1, 0.15) is 17.5 Å². The predicted octanol–water partition coefficient (Wildman–Crippen LogP) is 1.68. The molecular formula is C18H28N6O3. The average Bonchev–Trinajstić information content (AvgIpc) is 2.54. The largest absolute Gasteiger partial charge is 0.489 e. The van der Waals surface area contributed by atoms with Crippen LogP contribution in [0.5, 0.6) is 5.75 Å². The van der Waals surface area contributed by atoms with Gasteiger partial charge in [-0.25, -0.2) is 9.79 Å². The lowest BCUT2D eigenvalue weighted by atomic mass is 10.1. The van der Waals surface area contributed by atoms with Crippen LogP contribution < -0.4 is 21.9 Å². The summed E-state index contributed by atoms with van der Waals surface area (Å²) in [6.07, 6.45) is 1.33. The van der Waals surface area contributed by atoms with E-state index >= 15 is 0 Å². The summed E-state index contributed by atoms with van der Waals surface area (Å²) < 4.78 is 11.4. The van der Waals surface area contributed by atoms with Crippen LogP contribution >= 0.6 is 0 Å². The molecule has 27 heavy (non-hydrogen) atoms. The molecule has 2 rings (SSSR count). The Labute approximate surface area is 159 Å². The van der Waals surface area contributed by atoms with Gasteiger partial charge in [0.25, 0.3) is 0 Å². The maximum Gasteiger partial charge on any atom is 0.410 e. The van der Waals surface area contributed by atoms with Gasteiger partial charge in [-0.1, -0.05) is 0 Å². The van der Waals surface area contributed by atoms with E-state index in [1.54, 1.807) is 29.2 Å². The molecule has 1 saturated heterocycles. The molecular weight excluding hydrogens is 348 g/mol. The van der Waals surface area contributed by atoms with Gasteiger partial charge in [0.15, 0.2) is 5.96 Å². The predicted molar refractivity (Wildman–Crippen MR) is 105 cm³/mol. The van der Waals surface area contributed by atoms with Crippen molar-refractivity contribution in [2.45, 2.75) is 45.3 Å². The number of carbonyl (C=O) groups excluding carboxylic acids is 1. The van der Waals surface area contributed by atoms with Crippen molar-refractivity contribution >= 4 is 23.7 Å². The summed E-state index contributed by atoms with van der Waals surface area (Å²) >= 11 is 0. The first-order chi connectivity index (χ1) is 12.6. The van der Waals surface area contributed by atoms with E-state index < -0.39 is 5.60 Å². The van der Waals surface area contributed by atoms with Crippen LogP contribution in [-0.2, 0) is 4.74 Å². The molecule has 0 aromatic heterocycles. The third-order valence-corrected chi connectivity index (χ3v) is 3.66. The second kappa shape index (κ2) is 8.61. The van der Waals surface area contributed by atoms with Crippen LogP contribution in [0.15, 0.2) is 34.3 Å². The molecule has 1 aromatic carbocycles. The van der Waals surface area contributed by atoms with E-state index in [2.05, 4.69) is 9.98 Å². The summed E-state index contributed by atoms with van der Waals surface area (Å²) in [6.45, 7) is 6.73. The highest BCUT2D eigenvalue weighted by molar-refractivity contribution is 5.93. The summed E-state index contributed by atoms with van der Waals surface area (Å²) in [5.74, 6) is 0.511. The van der Waals surface area contributed by atoms with Crippen molar-refractivity contribution in [1.29, 1.82) is 0 Å². The summed E-state index contributed by atoms with van der Waals surface area (Å²) in [5, 5.41) is 0. The Hall–Kier alpha value is -2.97. The zero-order valence-electron chi connectivity index (χ0n) is 16.0. The molecule has 0 aliphatic carbocycles. The molecule has 1 amide bonds. The van der Waals surface area contributed by atoms with Crippen LogP contribution in [0.3, 0.4) is 0 Å². The Morgan fingerprint density at radius 2 is 1.85 bits per heavy atom. The lowest BCUT2D eigenvalue weighted by Gasteiger charge is -2.34. The quantitative estimate of drug-likeness (QED) is 0.541. The maximum absolute atomic E-state index is 12.2. The van der Waals surface area contributed by atoms with Crippen LogP contribution in [0.25, 0.3) is 0 Å². The molecule has 1 aliphatic rings. The molecule has 1 unspecified atom stereocenters. The topological polar surface area (TPSA) is 142 Å². The second-order valence-corrected chi connectivity index (χ2v) is 7.31. The van der Waals surface area contributed by atoms with Crippen molar-refractivity contribution in [2.24, 2.45) is 27.2 Å². The summed E-state index contributed by atoms with van der Waals surface area (Å²) in [4.78, 5) is 21.7. The molecule has 1 aliphatic heterocycles. The van der Waals surface area contributed by atoms with E-state index in [1.165, 1.54) is 0 Å². The zero-order valence-corrected chi connectivity index (χ0v) is 16.0. The monoisotopic (exact) mass is 376 g/mol. The first-order valence-corrected chi connectivity index (χ1v) is 8.81. The van der Waals surface area contributed by atoms with Crippen molar-refractivity contribution < 1.29 is 14.3 Å². The Kier molecular flexibility index (Phi) is 6.49. The Morgan fingerprint density at radius 3 is 2.44 bits per heavy atom. The molecule has 1 heterocycles. The van der Waals surface area contributed by atoms with Gasteiger partial charge in [-0.05, 0) is 57.9 Å². The van der Waals surface area contributed by atoms with Crippen molar-refractivity contribution in [1.82, 2.24) is 4.90 Å². The maximum atomic E-state index is 12.2. The number of hydrogen-bond donors (Lipinski definition) is 3. The van der Waals surface area contributed by atoms with Gasteiger partial charge in [-0.15, -0.1) is 0 Å². The lowest BCUT2D eigenvalue weighted by molar-refractivity contribution is 0.00776. The van der Waals surface area contributed by atoms with Gasteiger partial charge in [-0.3, -0.25) is 0 Å². The number of nitrogens with two attached hydrogens (primary N) is 3. The normalized spacial score (nSPS) is 18.0. The molecule has 148 valence electrons. The Bertz CT molecular complexity index is 705. The first kappa shape index (κ1) is 20.3. The highest BCUT2D eigenvalue weighted by Gasteiger charge is 2.28. The fourth-order valence-electron chi connectivity index (χ4n) is 2.61. The van der Waals surface area contributed by atoms with E-state index in [9.17, 15) is 4.79 Å². The fraction of sp³-hybridized carbons (Fsp3) is 0.500. The van der Waals surface area contributed by atoms with Crippen molar-refractivity contribution in [3.63, 3.8) is 0 Å². The van der Waals surface area contributed by atoms with E-state index in [-0.39, 0.29) is 24.1 Å². The van der Waals surface area contributed by atoms with Gasteiger partial charge in [-0.2, -0.15) is 4.99 Å². The number of aliphatic imine (C=N–C) groups is 2. The summed E-state index contributed by atoms with van der Waals surface area (Å²) in [5.41, 5.74) is 16.2. The molecule has 0 bridgehead atoms. The van der Waals surface area contributed by atoms with Crippen LogP contribution in [0.4, 0.5) is 10.5 Å². The number of hydrogen-bond acceptors (Lipinski definition) is 4. The number of benzene rings is 1. The van der Waals surface area contributed by atoms with Gasteiger partial charge in [0.05, 0.1) is 12.2 Å². The van der Waals surface area contributed by atoms with E-state index in [1.807, 2.05) is 20.8 Å². The number of nitrogens with zero attached hydrogens (tertiary/aromatic N) is 3. The Balaban J connectivity index is 1.95. The molecule has 9 nitrogen and oxygen atoms in total. The van der Waals surface area contributed by atoms with Crippen LogP contribution in [0.2, 0.25) is 0 Å². The molecule has 1 atom stereocenters. The molecule has 1 aromatic rings. The molecule has 0 radical (unpaired) electrons. The van der Waals surface area contributed by atoms with E-state index in [0.29, 0.717) is 24.5 Å². The van der Waals surface area contributed by atoms with E-state index in [0.717, 1.165) is 12.8 Å². The number of piperidine rings is 1. The minimum Gasteiger partial charge on any atom is -0.489 e. The number of carbonyl (C=O) groups is 1. The number of guanidine groups is 2. The highest BCUT2D eigenvalue weighted by Crippen LogP contribution is 2.23. The number of amides is 1. The molecule has 6 N–H and O–H groups in total. The van der Waals surface area contributed by atoms with Gasteiger partial charge < -0.3 is 31.6 Å². The number of ether oxygens (including phenoxy) is 2. The van der Waals surface area contributed by atoms with Crippen LogP contribution in [0, 0.1) is 0 Å². The van der Waals surface area contributed by atoms with E-state index in [4.69, 9.17) is 26.7 Å². The number of rotatable bonds is 3. The minimum atomic E-state index is -0.512. The third kappa shape index (κ3) is 7.04. The SMILES string of the molecule is CC(C)(C)OC(=O)N1CCCC(Oc2ccc(N=C(N)N=C(N)N)cc2)C1. The molecule has 0 spiro atoms. The smallest absolute Gasteiger partial charge is 0.410 e. The van der Waals surface area contributed by atoms with Crippen molar-refractivity contribution in [2.75, 3.05) is 13.1 Å². The van der Waals surface area contributed by atoms with Gasteiger partial charge in [0, 0.05) is 6.54 Å². The highest BCUT2D eigenvalue weighted by atomic mass is 16.6. The van der Waals surface area contributed by atoms with Crippen molar-refractivity contribution in [3.8, 4) is 5.75 Å². The Morgan fingerprint density at radius 1 is 1.19 bits per heavy atom. The average molecular weight is 376 g/mol. The zero-order chi connectivity index (χ0) is 20.0.